The summed E-state index contributed by atoms with van der Waals surface area (Å²) >= 11 is 0. The molecule has 0 aliphatic rings. The summed E-state index contributed by atoms with van der Waals surface area (Å²) in [7, 11) is 0. The molecule has 0 saturated carbocycles. The van der Waals surface area contributed by atoms with Crippen LogP contribution in [0.5, 0.6) is 0 Å². The Bertz CT molecular complexity index is 694. The fourth-order valence-corrected chi connectivity index (χ4v) is 1.90. The van der Waals surface area contributed by atoms with Gasteiger partial charge in [0.1, 0.15) is 5.71 Å². The summed E-state index contributed by atoms with van der Waals surface area (Å²) < 4.78 is 39.5. The predicted molar refractivity (Wildman–Crippen MR) is 75.3 cm³/mol. The Labute approximate surface area is 125 Å². The van der Waals surface area contributed by atoms with Crippen molar-refractivity contribution in [2.45, 2.75) is 13.1 Å². The van der Waals surface area contributed by atoms with Crippen LogP contribution in [0.4, 0.5) is 13.2 Å². The van der Waals surface area contributed by atoms with E-state index in [0.717, 1.165) is 13.0 Å². The third-order valence-electron chi connectivity index (χ3n) is 2.80. The Morgan fingerprint density at radius 3 is 2.18 bits per heavy atom. The van der Waals surface area contributed by atoms with E-state index in [0.29, 0.717) is 5.56 Å². The minimum atomic E-state index is -4.54. The number of benzene rings is 2. The second-order valence-corrected chi connectivity index (χ2v) is 4.43. The molecule has 114 valence electrons. The molecule has 22 heavy (non-hydrogen) atoms. The lowest BCUT2D eigenvalue weighted by atomic mass is 9.97. The summed E-state index contributed by atoms with van der Waals surface area (Å²) in [5, 5.41) is 3.61. The fourth-order valence-electron chi connectivity index (χ4n) is 1.90. The van der Waals surface area contributed by atoms with Crippen LogP contribution in [0.15, 0.2) is 59.8 Å². The van der Waals surface area contributed by atoms with Gasteiger partial charge in [0.2, 0.25) is 0 Å². The molecule has 2 aromatic rings. The molecular formula is C16H12F3NO2. The minimum Gasteiger partial charge on any atom is -0.318 e. The van der Waals surface area contributed by atoms with E-state index in [2.05, 4.69) is 9.99 Å². The molecule has 3 nitrogen and oxygen atoms in total. The van der Waals surface area contributed by atoms with Gasteiger partial charge in [0.25, 0.3) is 0 Å². The zero-order chi connectivity index (χ0) is 16.2. The van der Waals surface area contributed by atoms with E-state index in [4.69, 9.17) is 0 Å². The molecule has 0 unspecified atom stereocenters. The van der Waals surface area contributed by atoms with E-state index in [1.165, 1.54) is 18.2 Å². The van der Waals surface area contributed by atoms with Crippen LogP contribution in [0.2, 0.25) is 0 Å². The highest BCUT2D eigenvalue weighted by Gasteiger charge is 2.34. The Hall–Kier alpha value is -2.63. The van der Waals surface area contributed by atoms with Gasteiger partial charge in [0, 0.05) is 18.1 Å². The molecule has 0 fully saturated rings. The molecule has 0 saturated heterocycles. The van der Waals surface area contributed by atoms with Crippen molar-refractivity contribution in [3.05, 3.63) is 71.3 Å². The van der Waals surface area contributed by atoms with Crippen molar-refractivity contribution < 1.29 is 22.8 Å². The van der Waals surface area contributed by atoms with E-state index >= 15 is 0 Å². The highest BCUT2D eigenvalue weighted by atomic mass is 19.4. The van der Waals surface area contributed by atoms with E-state index in [1.807, 2.05) is 0 Å². The van der Waals surface area contributed by atoms with Gasteiger partial charge in [-0.15, -0.1) is 0 Å². The first-order chi connectivity index (χ1) is 10.4. The average Bonchev–Trinajstić information content (AvgIpc) is 2.48. The zero-order valence-corrected chi connectivity index (χ0v) is 11.6. The summed E-state index contributed by atoms with van der Waals surface area (Å²) in [6.07, 6.45) is -4.54. The van der Waals surface area contributed by atoms with Gasteiger partial charge in [-0.3, -0.25) is 0 Å². The number of hydrogen-bond acceptors (Lipinski definition) is 3. The number of oxime groups is 1. The van der Waals surface area contributed by atoms with Gasteiger partial charge in [-0.1, -0.05) is 53.7 Å². The number of nitrogens with zero attached hydrogens (tertiary/aromatic N) is 1. The number of hydrogen-bond donors (Lipinski definition) is 0. The molecule has 0 N–H and O–H groups in total. The first-order valence-corrected chi connectivity index (χ1v) is 6.37. The van der Waals surface area contributed by atoms with Crippen molar-refractivity contribution in [1.29, 1.82) is 0 Å². The molecule has 0 radical (unpaired) electrons. The van der Waals surface area contributed by atoms with E-state index in [9.17, 15) is 18.0 Å². The van der Waals surface area contributed by atoms with Crippen LogP contribution in [0.1, 0.15) is 23.6 Å². The molecule has 0 aliphatic carbocycles. The smallest absolute Gasteiger partial charge is 0.318 e. The fraction of sp³-hybridized carbons (Fsp3) is 0.125. The Morgan fingerprint density at radius 1 is 1.00 bits per heavy atom. The second-order valence-electron chi connectivity index (χ2n) is 4.43. The van der Waals surface area contributed by atoms with Crippen LogP contribution in [0.3, 0.4) is 0 Å². The van der Waals surface area contributed by atoms with Gasteiger partial charge >= 0.3 is 12.1 Å². The van der Waals surface area contributed by atoms with Crippen molar-refractivity contribution in [2.75, 3.05) is 0 Å². The van der Waals surface area contributed by atoms with Crippen LogP contribution in [-0.2, 0) is 15.8 Å². The molecule has 0 aromatic heterocycles. The third kappa shape index (κ3) is 3.72. The molecule has 6 heteroatoms. The maximum absolute atomic E-state index is 13.2. The van der Waals surface area contributed by atoms with Crippen LogP contribution in [-0.4, -0.2) is 11.7 Å². The van der Waals surface area contributed by atoms with Gasteiger partial charge in [-0.05, 0) is 6.07 Å². The first kappa shape index (κ1) is 15.8. The van der Waals surface area contributed by atoms with Crippen molar-refractivity contribution >= 4 is 11.7 Å². The molecule has 0 spiro atoms. The van der Waals surface area contributed by atoms with Crippen LogP contribution in [0, 0.1) is 0 Å². The van der Waals surface area contributed by atoms with Gasteiger partial charge in [0.05, 0.1) is 5.56 Å². The Morgan fingerprint density at radius 2 is 1.59 bits per heavy atom. The maximum Gasteiger partial charge on any atom is 0.417 e. The van der Waals surface area contributed by atoms with Gasteiger partial charge in [-0.25, -0.2) is 4.79 Å². The molecule has 2 aromatic carbocycles. The summed E-state index contributed by atoms with van der Waals surface area (Å²) in [6, 6.07) is 13.2. The van der Waals surface area contributed by atoms with E-state index in [1.54, 1.807) is 30.3 Å². The monoisotopic (exact) mass is 307 g/mol. The molecule has 0 heterocycles. The average molecular weight is 307 g/mol. The maximum atomic E-state index is 13.2. The van der Waals surface area contributed by atoms with Gasteiger partial charge < -0.3 is 4.84 Å². The number of carbonyl (C=O) groups excluding carboxylic acids is 1. The van der Waals surface area contributed by atoms with Crippen molar-refractivity contribution in [1.82, 2.24) is 0 Å². The van der Waals surface area contributed by atoms with Crippen LogP contribution < -0.4 is 0 Å². The summed E-state index contributed by atoms with van der Waals surface area (Å²) in [5.74, 6) is -0.710. The van der Waals surface area contributed by atoms with Gasteiger partial charge in [-0.2, -0.15) is 13.2 Å². The summed E-state index contributed by atoms with van der Waals surface area (Å²) in [4.78, 5) is 15.5. The third-order valence-corrected chi connectivity index (χ3v) is 2.80. The minimum absolute atomic E-state index is 0.0521. The quantitative estimate of drug-likeness (QED) is 0.488. The lowest BCUT2D eigenvalue weighted by Crippen LogP contribution is -2.15. The van der Waals surface area contributed by atoms with Crippen molar-refractivity contribution in [3.63, 3.8) is 0 Å². The molecule has 0 amide bonds. The SMILES string of the molecule is CC(=O)ON=C(c1ccccc1)c1ccccc1C(F)(F)F. The highest BCUT2D eigenvalue weighted by Crippen LogP contribution is 2.33. The summed E-state index contributed by atoms with van der Waals surface area (Å²) in [6.45, 7) is 1.13. The largest absolute Gasteiger partial charge is 0.417 e. The Balaban J connectivity index is 2.61. The number of rotatable bonds is 3. The molecular weight excluding hydrogens is 295 g/mol. The highest BCUT2D eigenvalue weighted by molar-refractivity contribution is 6.13. The normalized spacial score (nSPS) is 12.1. The molecule has 0 atom stereocenters. The van der Waals surface area contributed by atoms with E-state index < -0.39 is 17.7 Å². The summed E-state index contributed by atoms with van der Waals surface area (Å²) in [5.41, 5.74) is -0.628. The Kier molecular flexibility index (Phi) is 4.60. The van der Waals surface area contributed by atoms with Crippen molar-refractivity contribution in [2.24, 2.45) is 5.16 Å². The number of halogens is 3. The topological polar surface area (TPSA) is 38.7 Å². The lowest BCUT2D eigenvalue weighted by Gasteiger charge is -2.14. The number of alkyl halides is 3. The van der Waals surface area contributed by atoms with Crippen LogP contribution in [0.25, 0.3) is 0 Å². The van der Waals surface area contributed by atoms with Crippen molar-refractivity contribution in [3.8, 4) is 0 Å². The molecule has 0 bridgehead atoms. The van der Waals surface area contributed by atoms with Gasteiger partial charge in [0.15, 0.2) is 0 Å². The predicted octanol–water partition coefficient (Wildman–Crippen LogP) is 4.02. The second kappa shape index (κ2) is 6.43. The lowest BCUT2D eigenvalue weighted by molar-refractivity contribution is -0.140. The first-order valence-electron chi connectivity index (χ1n) is 6.37. The number of carbonyl (C=O) groups is 1. The zero-order valence-electron chi connectivity index (χ0n) is 11.6. The molecule has 2 rings (SSSR count). The van der Waals surface area contributed by atoms with E-state index in [-0.39, 0.29) is 11.3 Å². The molecule has 0 aliphatic heterocycles. The van der Waals surface area contributed by atoms with Crippen LogP contribution >= 0.6 is 0 Å². The standard InChI is InChI=1S/C16H12F3NO2/c1-11(21)22-20-15(12-7-3-2-4-8-12)13-9-5-6-10-14(13)16(17,18)19/h2-10H,1H3.